The normalized spacial score (nSPS) is 14.3. The maximum Gasteiger partial charge on any atom is 0.333 e. The van der Waals surface area contributed by atoms with Crippen molar-refractivity contribution in [2.24, 2.45) is 5.92 Å². The highest BCUT2D eigenvalue weighted by atomic mass is 28.4. The summed E-state index contributed by atoms with van der Waals surface area (Å²) in [5.41, 5.74) is 0.478. The number of ether oxygens (including phenoxy) is 1. The number of carbonyl (C=O) groups excluding carboxylic acids is 1. The largest absolute Gasteiger partial charge is 0.466 e. The zero-order chi connectivity index (χ0) is 13.9. The van der Waals surface area contributed by atoms with Gasteiger partial charge < -0.3 is 9.16 Å². The van der Waals surface area contributed by atoms with E-state index in [0.717, 1.165) is 0 Å². The van der Waals surface area contributed by atoms with Gasteiger partial charge in [-0.05, 0) is 18.1 Å². The van der Waals surface area contributed by atoms with Crippen LogP contribution in [0, 0.1) is 5.92 Å². The highest BCUT2D eigenvalue weighted by Crippen LogP contribution is 2.36. The Bertz CT molecular complexity index is 290. The maximum absolute atomic E-state index is 11.3. The van der Waals surface area contributed by atoms with Crippen molar-refractivity contribution in [3.05, 3.63) is 12.2 Å². The van der Waals surface area contributed by atoms with E-state index in [1.807, 2.05) is 6.92 Å². The minimum absolute atomic E-state index is 0.00317. The van der Waals surface area contributed by atoms with Crippen LogP contribution < -0.4 is 0 Å². The third-order valence-corrected chi connectivity index (χ3v) is 8.04. The molecule has 100 valence electrons. The van der Waals surface area contributed by atoms with Gasteiger partial charge in [-0.2, -0.15) is 0 Å². The molecule has 0 aromatic carbocycles. The molecule has 4 heteroatoms. The summed E-state index contributed by atoms with van der Waals surface area (Å²) in [6.45, 7) is 17.2. The standard InChI is InChI=1S/C13H26O3Si/c1-10(11(2)12(14)15-6)9-16-17(7,8)13(3,4)5/h10H,2,9H2,1,3-8H3. The number of methoxy groups -OCH3 is 1. The van der Waals surface area contributed by atoms with Crippen LogP contribution in [0.4, 0.5) is 0 Å². The molecule has 0 heterocycles. The van der Waals surface area contributed by atoms with Gasteiger partial charge in [0.1, 0.15) is 0 Å². The Morgan fingerprint density at radius 1 is 1.35 bits per heavy atom. The summed E-state index contributed by atoms with van der Waals surface area (Å²) in [6.07, 6.45) is 0. The molecule has 0 radical (unpaired) electrons. The van der Waals surface area contributed by atoms with Crippen LogP contribution in [0.25, 0.3) is 0 Å². The van der Waals surface area contributed by atoms with Gasteiger partial charge >= 0.3 is 5.97 Å². The van der Waals surface area contributed by atoms with Crippen LogP contribution in [0.15, 0.2) is 12.2 Å². The molecule has 1 atom stereocenters. The lowest BCUT2D eigenvalue weighted by atomic mass is 10.0. The number of rotatable bonds is 5. The minimum Gasteiger partial charge on any atom is -0.466 e. The summed E-state index contributed by atoms with van der Waals surface area (Å²) in [5.74, 6) is -0.354. The van der Waals surface area contributed by atoms with Crippen LogP contribution in [0.1, 0.15) is 27.7 Å². The first-order chi connectivity index (χ1) is 7.53. The lowest BCUT2D eigenvalue weighted by Gasteiger charge is -2.37. The summed E-state index contributed by atoms with van der Waals surface area (Å²) in [6, 6.07) is 0. The van der Waals surface area contributed by atoms with E-state index >= 15 is 0 Å². The molecule has 0 saturated heterocycles. The minimum atomic E-state index is -1.75. The fraction of sp³-hybridized carbons (Fsp3) is 0.769. The van der Waals surface area contributed by atoms with E-state index in [4.69, 9.17) is 4.43 Å². The van der Waals surface area contributed by atoms with E-state index < -0.39 is 8.32 Å². The third kappa shape index (κ3) is 4.64. The van der Waals surface area contributed by atoms with Crippen molar-refractivity contribution in [2.75, 3.05) is 13.7 Å². The maximum atomic E-state index is 11.3. The van der Waals surface area contributed by atoms with Crippen molar-refractivity contribution in [3.63, 3.8) is 0 Å². The average molecular weight is 258 g/mol. The lowest BCUT2D eigenvalue weighted by Crippen LogP contribution is -2.42. The Kier molecular flexibility index (Phi) is 5.61. The summed E-state index contributed by atoms with van der Waals surface area (Å²) >= 11 is 0. The third-order valence-electron chi connectivity index (χ3n) is 3.54. The number of esters is 1. The summed E-state index contributed by atoms with van der Waals surface area (Å²) in [5, 5.41) is 0.180. The molecule has 0 aliphatic rings. The van der Waals surface area contributed by atoms with Gasteiger partial charge in [0.15, 0.2) is 8.32 Å². The van der Waals surface area contributed by atoms with Crippen LogP contribution in [0.5, 0.6) is 0 Å². The number of carbonyl (C=O) groups is 1. The van der Waals surface area contributed by atoms with Gasteiger partial charge in [-0.25, -0.2) is 4.79 Å². The van der Waals surface area contributed by atoms with Crippen LogP contribution >= 0.6 is 0 Å². The van der Waals surface area contributed by atoms with Crippen molar-refractivity contribution in [1.82, 2.24) is 0 Å². The Balaban J connectivity index is 4.40. The smallest absolute Gasteiger partial charge is 0.333 e. The molecule has 3 nitrogen and oxygen atoms in total. The highest BCUT2D eigenvalue weighted by Gasteiger charge is 2.37. The quantitative estimate of drug-likeness (QED) is 0.431. The number of hydrogen-bond acceptors (Lipinski definition) is 3. The molecule has 0 aromatic heterocycles. The van der Waals surface area contributed by atoms with Crippen LogP contribution in [0.2, 0.25) is 18.1 Å². The second kappa shape index (κ2) is 5.82. The molecule has 0 N–H and O–H groups in total. The van der Waals surface area contributed by atoms with Gasteiger partial charge in [-0.15, -0.1) is 0 Å². The van der Waals surface area contributed by atoms with Gasteiger partial charge in [0.05, 0.1) is 7.11 Å². The molecule has 0 rings (SSSR count). The molecule has 0 bridgehead atoms. The van der Waals surface area contributed by atoms with E-state index in [1.165, 1.54) is 7.11 Å². The van der Waals surface area contributed by atoms with E-state index in [9.17, 15) is 4.79 Å². The first-order valence-corrected chi connectivity index (χ1v) is 8.85. The zero-order valence-corrected chi connectivity index (χ0v) is 13.2. The molecule has 0 saturated carbocycles. The molecule has 0 amide bonds. The van der Waals surface area contributed by atoms with Gasteiger partial charge in [0, 0.05) is 18.1 Å². The fourth-order valence-electron chi connectivity index (χ4n) is 0.983. The molecule has 0 aliphatic heterocycles. The number of hydrogen-bond donors (Lipinski definition) is 0. The van der Waals surface area contributed by atoms with Crippen molar-refractivity contribution < 1.29 is 14.0 Å². The first kappa shape index (κ1) is 16.4. The second-order valence-electron chi connectivity index (χ2n) is 5.99. The summed E-state index contributed by atoms with van der Waals surface area (Å²) in [7, 11) is -0.382. The highest BCUT2D eigenvalue weighted by molar-refractivity contribution is 6.74. The van der Waals surface area contributed by atoms with Crippen LogP contribution in [0.3, 0.4) is 0 Å². The monoisotopic (exact) mass is 258 g/mol. The molecule has 0 spiro atoms. The van der Waals surface area contributed by atoms with E-state index in [0.29, 0.717) is 12.2 Å². The van der Waals surface area contributed by atoms with Gasteiger partial charge in [0.25, 0.3) is 0 Å². The Morgan fingerprint density at radius 2 is 1.82 bits per heavy atom. The topological polar surface area (TPSA) is 35.5 Å². The molecule has 1 unspecified atom stereocenters. The fourth-order valence-corrected chi connectivity index (χ4v) is 2.08. The van der Waals surface area contributed by atoms with Crippen molar-refractivity contribution in [1.29, 1.82) is 0 Å². The van der Waals surface area contributed by atoms with E-state index in [1.54, 1.807) is 0 Å². The predicted molar refractivity (Wildman–Crippen MR) is 73.5 cm³/mol. The van der Waals surface area contributed by atoms with Crippen molar-refractivity contribution in [2.45, 2.75) is 45.8 Å². The first-order valence-electron chi connectivity index (χ1n) is 5.94. The second-order valence-corrected chi connectivity index (χ2v) is 10.8. The van der Waals surface area contributed by atoms with E-state index in [2.05, 4.69) is 45.2 Å². The molecule has 0 fully saturated rings. The molecule has 17 heavy (non-hydrogen) atoms. The molecular weight excluding hydrogens is 232 g/mol. The van der Waals surface area contributed by atoms with Gasteiger partial charge in [0.2, 0.25) is 0 Å². The van der Waals surface area contributed by atoms with Crippen molar-refractivity contribution in [3.8, 4) is 0 Å². The Hall–Kier alpha value is -0.613. The Labute approximate surface area is 106 Å². The zero-order valence-electron chi connectivity index (χ0n) is 12.2. The van der Waals surface area contributed by atoms with Crippen LogP contribution in [-0.2, 0) is 14.0 Å². The summed E-state index contributed by atoms with van der Waals surface area (Å²) < 4.78 is 10.7. The molecular formula is C13H26O3Si. The molecule has 0 aliphatic carbocycles. The van der Waals surface area contributed by atoms with Crippen molar-refractivity contribution >= 4 is 14.3 Å². The van der Waals surface area contributed by atoms with Gasteiger partial charge in [-0.3, -0.25) is 0 Å². The average Bonchev–Trinajstić information content (AvgIpc) is 2.22. The van der Waals surface area contributed by atoms with Crippen LogP contribution in [-0.4, -0.2) is 28.0 Å². The van der Waals surface area contributed by atoms with E-state index in [-0.39, 0.29) is 16.9 Å². The SMILES string of the molecule is C=C(C(=O)OC)C(C)CO[Si](C)(C)C(C)(C)C. The predicted octanol–water partition coefficient (Wildman–Crippen LogP) is 3.37. The summed E-state index contributed by atoms with van der Waals surface area (Å²) in [4.78, 5) is 11.3. The molecule has 0 aromatic rings. The lowest BCUT2D eigenvalue weighted by molar-refractivity contribution is -0.136. The van der Waals surface area contributed by atoms with Gasteiger partial charge in [-0.1, -0.05) is 34.3 Å². The Morgan fingerprint density at radius 3 is 2.18 bits per heavy atom.